The third-order valence-electron chi connectivity index (χ3n) is 8.80. The van der Waals surface area contributed by atoms with E-state index in [1.54, 1.807) is 13.0 Å². The lowest BCUT2D eigenvalue weighted by atomic mass is 9.94. The van der Waals surface area contributed by atoms with Gasteiger partial charge >= 0.3 is 6.18 Å². The summed E-state index contributed by atoms with van der Waals surface area (Å²) < 4.78 is 46.6. The fourth-order valence-corrected chi connectivity index (χ4v) is 6.67. The second-order valence-corrected chi connectivity index (χ2v) is 12.2. The number of aromatic nitrogens is 2. The van der Waals surface area contributed by atoms with E-state index in [0.29, 0.717) is 48.7 Å². The number of fused-ring (bicyclic) bond motifs is 1. The van der Waals surface area contributed by atoms with Crippen LogP contribution >= 0.6 is 0 Å². The summed E-state index contributed by atoms with van der Waals surface area (Å²) in [6.45, 7) is 10.4. The number of nitrogens with one attached hydrogen (secondary N) is 2. The minimum atomic E-state index is -4.23. The first-order valence-corrected chi connectivity index (χ1v) is 15.2. The van der Waals surface area contributed by atoms with Crippen LogP contribution in [0, 0.1) is 13.8 Å². The van der Waals surface area contributed by atoms with E-state index in [9.17, 15) is 22.8 Å². The molecule has 0 bridgehead atoms. The number of aliphatic imine (C=N–C) groups is 1. The molecule has 1 unspecified atom stereocenters. The number of carbonyl (C=O) groups is 1. The Labute approximate surface area is 260 Å². The fraction of sp³-hybridized carbons (Fsp3) is 0.485. The van der Waals surface area contributed by atoms with E-state index >= 15 is 0 Å². The average molecular weight is 627 g/mol. The summed E-state index contributed by atoms with van der Waals surface area (Å²) >= 11 is 0. The van der Waals surface area contributed by atoms with E-state index in [1.165, 1.54) is 12.0 Å². The Morgan fingerprint density at radius 3 is 2.53 bits per heavy atom. The number of hydrogen-bond acceptors (Lipinski definition) is 6. The van der Waals surface area contributed by atoms with Crippen LogP contribution in [0.3, 0.4) is 0 Å². The molecule has 2 aliphatic heterocycles. The normalized spacial score (nSPS) is 18.9. The van der Waals surface area contributed by atoms with Crippen LogP contribution in [0.15, 0.2) is 40.3 Å². The number of ether oxygens (including phenoxy) is 1. The Kier molecular flexibility index (Phi) is 9.27. The van der Waals surface area contributed by atoms with Crippen molar-refractivity contribution in [2.45, 2.75) is 65.8 Å². The highest BCUT2D eigenvalue weighted by atomic mass is 19.4. The first-order valence-electron chi connectivity index (χ1n) is 15.2. The van der Waals surface area contributed by atoms with Gasteiger partial charge in [0.05, 0.1) is 37.3 Å². The van der Waals surface area contributed by atoms with Gasteiger partial charge in [-0.15, -0.1) is 0 Å². The van der Waals surface area contributed by atoms with Gasteiger partial charge in [0.2, 0.25) is 0 Å². The van der Waals surface area contributed by atoms with Gasteiger partial charge in [-0.2, -0.15) is 13.2 Å². The van der Waals surface area contributed by atoms with Crippen LogP contribution in [-0.2, 0) is 6.54 Å². The lowest BCUT2D eigenvalue weighted by Crippen LogP contribution is -2.49. The lowest BCUT2D eigenvalue weighted by molar-refractivity contribution is -0.149. The number of pyridine rings is 2. The smallest absolute Gasteiger partial charge is 0.401 e. The van der Waals surface area contributed by atoms with Crippen LogP contribution in [0.5, 0.6) is 5.75 Å². The van der Waals surface area contributed by atoms with Gasteiger partial charge in [-0.1, -0.05) is 0 Å². The molecular formula is C33H41F3N6O3. The summed E-state index contributed by atoms with van der Waals surface area (Å²) in [4.78, 5) is 37.6. The minimum absolute atomic E-state index is 0.0273. The van der Waals surface area contributed by atoms with Gasteiger partial charge < -0.3 is 19.4 Å². The first kappa shape index (κ1) is 32.5. The highest BCUT2D eigenvalue weighted by Crippen LogP contribution is 2.35. The van der Waals surface area contributed by atoms with Crippen molar-refractivity contribution in [3.8, 4) is 5.75 Å². The van der Waals surface area contributed by atoms with Crippen LogP contribution in [0.2, 0.25) is 0 Å². The zero-order valence-electron chi connectivity index (χ0n) is 26.6. The standard InChI is InChI=1S/C33H41F3N6O3/c1-19-13-24(14-20(2)38-19)25-7-8-42-28(25)16-26(31(43)37-17-27-29(45-6)15-21(3)39-32(27)44)22(4)30(42)23(5)41-11-9-40(10-12-41)18-33(34,35)36/h7-8,13,15-16,20,23H,9-12,14,17-18H2,1-6H3,(H,37,43)(H,39,44)/t20?,23-/m1/s1. The SMILES string of the molecule is COc1cc(C)[nH]c(=O)c1CNC(=O)c1cc2c(C3=CC(C)=NC(C)C3)ccn2c([C@@H](C)N2CCN(CC(F)(F)F)CC2)c1C. The van der Waals surface area contributed by atoms with Gasteiger partial charge in [0.1, 0.15) is 5.75 Å². The van der Waals surface area contributed by atoms with E-state index in [0.717, 1.165) is 40.0 Å². The third kappa shape index (κ3) is 7.01. The van der Waals surface area contributed by atoms with Crippen molar-refractivity contribution >= 4 is 22.7 Å². The molecule has 242 valence electrons. The van der Waals surface area contributed by atoms with Gasteiger partial charge in [0.15, 0.2) is 0 Å². The van der Waals surface area contributed by atoms with Crippen LogP contribution in [0.25, 0.3) is 11.1 Å². The van der Waals surface area contributed by atoms with Gasteiger partial charge in [0, 0.05) is 66.6 Å². The van der Waals surface area contributed by atoms with Crippen LogP contribution in [-0.4, -0.2) is 82.9 Å². The monoisotopic (exact) mass is 626 g/mol. The molecule has 0 aromatic carbocycles. The first-order chi connectivity index (χ1) is 21.3. The summed E-state index contributed by atoms with van der Waals surface area (Å²) in [6, 6.07) is 5.60. The van der Waals surface area contributed by atoms with Crippen molar-refractivity contribution in [2.75, 3.05) is 39.8 Å². The van der Waals surface area contributed by atoms with Gasteiger partial charge in [-0.25, -0.2) is 0 Å². The molecule has 5 rings (SSSR count). The fourth-order valence-electron chi connectivity index (χ4n) is 6.67. The molecule has 1 saturated heterocycles. The number of hydrogen-bond donors (Lipinski definition) is 2. The number of carbonyl (C=O) groups excluding carboxylic acids is 1. The average Bonchev–Trinajstić information content (AvgIpc) is 3.38. The van der Waals surface area contributed by atoms with Crippen molar-refractivity contribution in [3.05, 3.63) is 74.5 Å². The molecule has 2 N–H and O–H groups in total. The Hall–Kier alpha value is -3.90. The van der Waals surface area contributed by atoms with Gasteiger partial charge in [0.25, 0.3) is 11.5 Å². The summed E-state index contributed by atoms with van der Waals surface area (Å²) in [5.41, 5.74) is 6.71. The number of piperazine rings is 1. The van der Waals surface area contributed by atoms with Crippen molar-refractivity contribution in [3.63, 3.8) is 0 Å². The van der Waals surface area contributed by atoms with E-state index in [-0.39, 0.29) is 30.1 Å². The minimum Gasteiger partial charge on any atom is -0.496 e. The molecule has 3 aromatic rings. The molecule has 5 heterocycles. The topological polar surface area (TPSA) is 94.4 Å². The van der Waals surface area contributed by atoms with E-state index in [4.69, 9.17) is 4.74 Å². The van der Waals surface area contributed by atoms with Crippen molar-refractivity contribution < 1.29 is 22.7 Å². The maximum absolute atomic E-state index is 13.9. The Balaban J connectivity index is 1.53. The predicted molar refractivity (Wildman–Crippen MR) is 169 cm³/mol. The number of rotatable bonds is 8. The number of methoxy groups -OCH3 is 1. The number of amides is 1. The maximum atomic E-state index is 13.9. The number of aryl methyl sites for hydroxylation is 1. The van der Waals surface area contributed by atoms with Gasteiger partial charge in [-0.05, 0) is 76.5 Å². The third-order valence-corrected chi connectivity index (χ3v) is 8.80. The Bertz CT molecular complexity index is 1710. The zero-order chi connectivity index (χ0) is 32.6. The molecule has 0 spiro atoms. The molecule has 1 amide bonds. The highest BCUT2D eigenvalue weighted by Gasteiger charge is 2.34. The number of halogens is 3. The summed E-state index contributed by atoms with van der Waals surface area (Å²) in [7, 11) is 1.48. The number of nitrogens with zero attached hydrogens (tertiary/aromatic N) is 4. The number of dihydropyridines is 1. The molecule has 12 heteroatoms. The second kappa shape index (κ2) is 12.8. The number of alkyl halides is 3. The van der Waals surface area contributed by atoms with E-state index < -0.39 is 12.7 Å². The van der Waals surface area contributed by atoms with Crippen LogP contribution < -0.4 is 15.6 Å². The zero-order valence-corrected chi connectivity index (χ0v) is 26.6. The molecule has 2 atom stereocenters. The molecule has 2 aliphatic rings. The molecule has 45 heavy (non-hydrogen) atoms. The van der Waals surface area contributed by atoms with Crippen molar-refractivity contribution in [2.24, 2.45) is 4.99 Å². The second-order valence-electron chi connectivity index (χ2n) is 12.2. The summed E-state index contributed by atoms with van der Waals surface area (Å²) in [5.74, 6) is 0.0586. The molecule has 1 fully saturated rings. The van der Waals surface area contributed by atoms with Crippen molar-refractivity contribution in [1.29, 1.82) is 0 Å². The molecular weight excluding hydrogens is 585 g/mol. The molecule has 9 nitrogen and oxygen atoms in total. The van der Waals surface area contributed by atoms with E-state index in [2.05, 4.69) is 43.7 Å². The lowest BCUT2D eigenvalue weighted by Gasteiger charge is -2.39. The quantitative estimate of drug-likeness (QED) is 0.365. The molecule has 0 radical (unpaired) electrons. The highest BCUT2D eigenvalue weighted by molar-refractivity contribution is 6.03. The van der Waals surface area contributed by atoms with E-state index in [1.807, 2.05) is 33.0 Å². The summed E-state index contributed by atoms with van der Waals surface area (Å²) in [6.07, 6.45) is 0.609. The predicted octanol–water partition coefficient (Wildman–Crippen LogP) is 5.06. The van der Waals surface area contributed by atoms with Gasteiger partial charge in [-0.3, -0.25) is 24.4 Å². The Morgan fingerprint density at radius 1 is 1.18 bits per heavy atom. The molecule has 0 saturated carbocycles. The summed E-state index contributed by atoms with van der Waals surface area (Å²) in [5, 5.41) is 2.93. The molecule has 0 aliphatic carbocycles. The Morgan fingerprint density at radius 2 is 1.89 bits per heavy atom. The number of allylic oxidation sites excluding steroid dienone is 1. The number of aromatic amines is 1. The number of H-pyrrole nitrogens is 1. The largest absolute Gasteiger partial charge is 0.496 e. The van der Waals surface area contributed by atoms with Crippen LogP contribution in [0.4, 0.5) is 13.2 Å². The van der Waals surface area contributed by atoms with Crippen LogP contribution in [0.1, 0.15) is 71.7 Å². The molecule has 3 aromatic heterocycles. The van der Waals surface area contributed by atoms with Crippen molar-refractivity contribution in [1.82, 2.24) is 24.5 Å². The maximum Gasteiger partial charge on any atom is 0.401 e.